The van der Waals surface area contributed by atoms with Gasteiger partial charge in [-0.15, -0.1) is 0 Å². The van der Waals surface area contributed by atoms with Gasteiger partial charge in [0.2, 0.25) is 5.91 Å². The van der Waals surface area contributed by atoms with Crippen molar-refractivity contribution in [3.05, 3.63) is 60.0 Å². The molecule has 172 valence electrons. The molecule has 0 saturated carbocycles. The van der Waals surface area contributed by atoms with Crippen LogP contribution in [0, 0.1) is 0 Å². The molecule has 0 unspecified atom stereocenters. The van der Waals surface area contributed by atoms with Gasteiger partial charge in [0, 0.05) is 43.9 Å². The van der Waals surface area contributed by atoms with Gasteiger partial charge in [0.25, 0.3) is 0 Å². The molecule has 3 aromatic rings. The molecular formula is C25H28N4O4. The quantitative estimate of drug-likeness (QED) is 0.601. The van der Waals surface area contributed by atoms with E-state index in [0.29, 0.717) is 19.8 Å². The van der Waals surface area contributed by atoms with Crippen LogP contribution < -0.4 is 20.1 Å². The van der Waals surface area contributed by atoms with Crippen molar-refractivity contribution in [2.75, 3.05) is 25.1 Å². The number of fused-ring (bicyclic) bond motifs is 2. The van der Waals surface area contributed by atoms with Crippen LogP contribution in [0.5, 0.6) is 11.5 Å². The minimum atomic E-state index is -0.0678. The number of hydrogen-bond donors (Lipinski definition) is 2. The minimum absolute atomic E-state index is 0.0678. The standard InChI is InChI=1S/C25H28N4O4/c1-17(30)27-20-6-3-18(4-7-20)12-26-13-21-14-29-15-22(28-25(29)16-33-21)19-5-8-23-24(11-19)32-10-2-9-31-23/h3-8,11,15,21,26H,2,9-10,12-14,16H2,1H3,(H,27,30)/t21-/m0/s1. The van der Waals surface area contributed by atoms with Gasteiger partial charge in [-0.2, -0.15) is 0 Å². The molecule has 0 fully saturated rings. The zero-order valence-electron chi connectivity index (χ0n) is 18.7. The summed E-state index contributed by atoms with van der Waals surface area (Å²) in [4.78, 5) is 15.9. The Bertz CT molecular complexity index is 1130. The van der Waals surface area contributed by atoms with Crippen molar-refractivity contribution >= 4 is 11.6 Å². The lowest BCUT2D eigenvalue weighted by atomic mass is 10.1. The number of ether oxygens (including phenoxy) is 3. The van der Waals surface area contributed by atoms with E-state index in [1.807, 2.05) is 42.5 Å². The van der Waals surface area contributed by atoms with Gasteiger partial charge in [0.05, 0.1) is 31.6 Å². The number of imidazole rings is 1. The third-order valence-electron chi connectivity index (χ3n) is 5.73. The van der Waals surface area contributed by atoms with E-state index in [2.05, 4.69) is 21.4 Å². The van der Waals surface area contributed by atoms with Crippen molar-refractivity contribution in [3.63, 3.8) is 0 Å². The molecule has 1 amide bonds. The number of hydrogen-bond acceptors (Lipinski definition) is 6. The summed E-state index contributed by atoms with van der Waals surface area (Å²) >= 11 is 0. The van der Waals surface area contributed by atoms with Gasteiger partial charge >= 0.3 is 0 Å². The molecular weight excluding hydrogens is 420 g/mol. The van der Waals surface area contributed by atoms with Gasteiger partial charge in [-0.1, -0.05) is 12.1 Å². The molecule has 1 atom stereocenters. The molecule has 0 spiro atoms. The number of nitrogens with zero attached hydrogens (tertiary/aromatic N) is 2. The second-order valence-corrected chi connectivity index (χ2v) is 8.35. The highest BCUT2D eigenvalue weighted by Gasteiger charge is 2.22. The summed E-state index contributed by atoms with van der Waals surface area (Å²) in [5, 5.41) is 6.24. The van der Waals surface area contributed by atoms with Crippen molar-refractivity contribution in [1.29, 1.82) is 0 Å². The maximum atomic E-state index is 11.1. The van der Waals surface area contributed by atoms with E-state index in [0.717, 1.165) is 65.9 Å². The fraction of sp³-hybridized carbons (Fsp3) is 0.360. The Balaban J connectivity index is 1.17. The molecule has 33 heavy (non-hydrogen) atoms. The average Bonchev–Trinajstić information content (AvgIpc) is 3.09. The smallest absolute Gasteiger partial charge is 0.221 e. The van der Waals surface area contributed by atoms with Crippen LogP contribution in [0.15, 0.2) is 48.7 Å². The van der Waals surface area contributed by atoms with Crippen LogP contribution in [-0.4, -0.2) is 41.3 Å². The molecule has 0 radical (unpaired) electrons. The summed E-state index contributed by atoms with van der Waals surface area (Å²) < 4.78 is 19.8. The van der Waals surface area contributed by atoms with Crippen LogP contribution >= 0.6 is 0 Å². The highest BCUT2D eigenvalue weighted by atomic mass is 16.5. The van der Waals surface area contributed by atoms with Gasteiger partial charge in [-0.3, -0.25) is 4.79 Å². The maximum Gasteiger partial charge on any atom is 0.221 e. The summed E-state index contributed by atoms with van der Waals surface area (Å²) in [5.74, 6) is 2.43. The molecule has 0 saturated heterocycles. The van der Waals surface area contributed by atoms with E-state index in [1.54, 1.807) is 0 Å². The Hall–Kier alpha value is -3.36. The Morgan fingerprint density at radius 1 is 1.12 bits per heavy atom. The number of nitrogens with one attached hydrogen (secondary N) is 2. The number of carbonyl (C=O) groups excluding carboxylic acids is 1. The van der Waals surface area contributed by atoms with Crippen LogP contribution in [0.3, 0.4) is 0 Å². The third-order valence-corrected chi connectivity index (χ3v) is 5.73. The number of amides is 1. The Morgan fingerprint density at radius 2 is 1.94 bits per heavy atom. The van der Waals surface area contributed by atoms with Gasteiger partial charge in [0.1, 0.15) is 12.4 Å². The highest BCUT2D eigenvalue weighted by Crippen LogP contribution is 2.34. The minimum Gasteiger partial charge on any atom is -0.490 e. The Labute approximate surface area is 192 Å². The van der Waals surface area contributed by atoms with Crippen LogP contribution in [-0.2, 0) is 29.2 Å². The summed E-state index contributed by atoms with van der Waals surface area (Å²) in [5.41, 5.74) is 3.88. The van der Waals surface area contributed by atoms with E-state index >= 15 is 0 Å². The van der Waals surface area contributed by atoms with Crippen LogP contribution in [0.2, 0.25) is 0 Å². The molecule has 0 bridgehead atoms. The van der Waals surface area contributed by atoms with Crippen molar-refractivity contribution in [3.8, 4) is 22.8 Å². The average molecular weight is 449 g/mol. The fourth-order valence-corrected chi connectivity index (χ4v) is 4.06. The number of rotatable bonds is 6. The van der Waals surface area contributed by atoms with Crippen molar-refractivity contribution < 1.29 is 19.0 Å². The zero-order chi connectivity index (χ0) is 22.6. The largest absolute Gasteiger partial charge is 0.490 e. The summed E-state index contributed by atoms with van der Waals surface area (Å²) in [6, 6.07) is 13.8. The lowest BCUT2D eigenvalue weighted by molar-refractivity contribution is -0.114. The first kappa shape index (κ1) is 21.5. The van der Waals surface area contributed by atoms with Crippen LogP contribution in [0.1, 0.15) is 24.7 Å². The highest BCUT2D eigenvalue weighted by molar-refractivity contribution is 5.88. The van der Waals surface area contributed by atoms with Crippen molar-refractivity contribution in [2.24, 2.45) is 0 Å². The molecule has 1 aromatic heterocycles. The fourth-order valence-electron chi connectivity index (χ4n) is 4.06. The predicted molar refractivity (Wildman–Crippen MR) is 124 cm³/mol. The van der Waals surface area contributed by atoms with Gasteiger partial charge < -0.3 is 29.4 Å². The third kappa shape index (κ3) is 5.18. The van der Waals surface area contributed by atoms with Gasteiger partial charge in [0.15, 0.2) is 11.5 Å². The molecule has 8 heteroatoms. The zero-order valence-corrected chi connectivity index (χ0v) is 18.7. The number of benzene rings is 2. The first-order valence-corrected chi connectivity index (χ1v) is 11.3. The predicted octanol–water partition coefficient (Wildman–Crippen LogP) is 3.36. The number of carbonyl (C=O) groups is 1. The lowest BCUT2D eigenvalue weighted by Gasteiger charge is -2.24. The Kier molecular flexibility index (Phi) is 6.28. The summed E-state index contributed by atoms with van der Waals surface area (Å²) in [6.45, 7) is 5.57. The van der Waals surface area contributed by atoms with E-state index in [1.165, 1.54) is 6.92 Å². The van der Waals surface area contributed by atoms with E-state index < -0.39 is 0 Å². The van der Waals surface area contributed by atoms with Crippen LogP contribution in [0.4, 0.5) is 5.69 Å². The van der Waals surface area contributed by atoms with Crippen molar-refractivity contribution in [2.45, 2.75) is 39.1 Å². The molecule has 2 aliphatic rings. The topological polar surface area (TPSA) is 86.6 Å². The number of aromatic nitrogens is 2. The summed E-state index contributed by atoms with van der Waals surface area (Å²) in [6.07, 6.45) is 3.05. The molecule has 2 aromatic carbocycles. The monoisotopic (exact) mass is 448 g/mol. The molecule has 2 N–H and O–H groups in total. The summed E-state index contributed by atoms with van der Waals surface area (Å²) in [7, 11) is 0. The van der Waals surface area contributed by atoms with Crippen LogP contribution in [0.25, 0.3) is 11.3 Å². The molecule has 2 aliphatic heterocycles. The van der Waals surface area contributed by atoms with Gasteiger partial charge in [-0.25, -0.2) is 4.98 Å². The maximum absolute atomic E-state index is 11.1. The molecule has 8 nitrogen and oxygen atoms in total. The Morgan fingerprint density at radius 3 is 2.76 bits per heavy atom. The van der Waals surface area contributed by atoms with Gasteiger partial charge in [-0.05, 0) is 35.9 Å². The lowest BCUT2D eigenvalue weighted by Crippen LogP contribution is -2.35. The first-order valence-electron chi connectivity index (χ1n) is 11.3. The van der Waals surface area contributed by atoms with E-state index in [4.69, 9.17) is 19.2 Å². The first-order chi connectivity index (χ1) is 16.1. The van der Waals surface area contributed by atoms with E-state index in [-0.39, 0.29) is 12.0 Å². The second-order valence-electron chi connectivity index (χ2n) is 8.35. The second kappa shape index (κ2) is 9.64. The SMILES string of the molecule is CC(=O)Nc1ccc(CNC[C@H]2Cn3cc(-c4ccc5c(c4)OCCCO5)nc3CO2)cc1. The number of anilines is 1. The molecule has 5 rings (SSSR count). The molecule has 3 heterocycles. The molecule has 0 aliphatic carbocycles. The normalized spacial score (nSPS) is 17.2. The van der Waals surface area contributed by atoms with Crippen molar-refractivity contribution in [1.82, 2.24) is 14.9 Å². The van der Waals surface area contributed by atoms with E-state index in [9.17, 15) is 4.79 Å².